The minimum Gasteiger partial charge on any atom is -0.423 e. The predicted molar refractivity (Wildman–Crippen MR) is 117 cm³/mol. The van der Waals surface area contributed by atoms with Gasteiger partial charge in [-0.25, -0.2) is 4.98 Å². The van der Waals surface area contributed by atoms with E-state index in [1.54, 1.807) is 6.07 Å². The van der Waals surface area contributed by atoms with Crippen LogP contribution < -0.4 is 16.9 Å². The fourth-order valence-corrected chi connectivity index (χ4v) is 4.02. The Kier molecular flexibility index (Phi) is 3.90. The molecule has 0 aliphatic heterocycles. The molecule has 142 valence electrons. The third-order valence-corrected chi connectivity index (χ3v) is 5.32. The number of hydrogen-bond acceptors (Lipinski definition) is 6. The number of anilines is 2. The van der Waals surface area contributed by atoms with Crippen molar-refractivity contribution >= 4 is 56.9 Å². The second-order valence-corrected chi connectivity index (χ2v) is 7.04. The number of fused-ring (bicyclic) bond motifs is 4. The molecule has 0 spiro atoms. The number of nitrogens with zero attached hydrogens (tertiary/aromatic N) is 3. The smallest absolute Gasteiger partial charge is 0.423 e. The Hall–Kier alpha value is -3.62. The van der Waals surface area contributed by atoms with Crippen molar-refractivity contribution in [1.82, 2.24) is 14.5 Å². The first-order chi connectivity index (χ1) is 14.0. The van der Waals surface area contributed by atoms with Crippen LogP contribution in [-0.4, -0.2) is 31.7 Å². The summed E-state index contributed by atoms with van der Waals surface area (Å²) < 4.78 is 2.13. The van der Waals surface area contributed by atoms with Crippen molar-refractivity contribution in [3.63, 3.8) is 0 Å². The van der Waals surface area contributed by atoms with E-state index in [0.717, 1.165) is 32.6 Å². The van der Waals surface area contributed by atoms with E-state index in [9.17, 15) is 10.0 Å². The van der Waals surface area contributed by atoms with E-state index in [1.807, 2.05) is 54.7 Å². The van der Waals surface area contributed by atoms with Crippen molar-refractivity contribution in [2.45, 2.75) is 6.54 Å². The topological polar surface area (TPSA) is 123 Å². The normalized spacial score (nSPS) is 11.5. The first-order valence-electron chi connectivity index (χ1n) is 9.20. The van der Waals surface area contributed by atoms with Crippen molar-refractivity contribution in [1.29, 1.82) is 0 Å². The Balaban J connectivity index is 1.67. The lowest BCUT2D eigenvalue weighted by Crippen LogP contribution is -2.30. The maximum Gasteiger partial charge on any atom is 0.489 e. The molecule has 0 amide bonds. The van der Waals surface area contributed by atoms with Gasteiger partial charge < -0.3 is 26.1 Å². The van der Waals surface area contributed by atoms with Gasteiger partial charge in [0, 0.05) is 23.6 Å². The van der Waals surface area contributed by atoms with Gasteiger partial charge in [0.25, 0.3) is 0 Å². The Morgan fingerprint density at radius 1 is 0.862 bits per heavy atom. The second-order valence-electron chi connectivity index (χ2n) is 7.04. The fraction of sp³-hybridized carbons (Fsp3) is 0.0476. The third kappa shape index (κ3) is 2.77. The minimum absolute atomic E-state index is 0.159. The van der Waals surface area contributed by atoms with Crippen LogP contribution in [0, 0.1) is 0 Å². The van der Waals surface area contributed by atoms with Crippen molar-refractivity contribution in [3.8, 4) is 0 Å². The van der Waals surface area contributed by atoms with Gasteiger partial charge in [-0.2, -0.15) is 4.98 Å². The van der Waals surface area contributed by atoms with E-state index < -0.39 is 7.12 Å². The Bertz CT molecular complexity index is 1400. The molecule has 6 N–H and O–H groups in total. The van der Waals surface area contributed by atoms with Crippen LogP contribution >= 0.6 is 0 Å². The monoisotopic (exact) mass is 383 g/mol. The Labute approximate surface area is 166 Å². The summed E-state index contributed by atoms with van der Waals surface area (Å²) in [6.07, 6.45) is 2.00. The number of nitrogen functional groups attached to an aromatic ring is 2. The van der Waals surface area contributed by atoms with Crippen LogP contribution in [-0.2, 0) is 6.54 Å². The maximum atomic E-state index is 9.67. The highest BCUT2D eigenvalue weighted by atomic mass is 16.4. The van der Waals surface area contributed by atoms with E-state index in [2.05, 4.69) is 14.5 Å². The van der Waals surface area contributed by atoms with E-state index in [-0.39, 0.29) is 5.95 Å². The van der Waals surface area contributed by atoms with E-state index >= 15 is 0 Å². The highest BCUT2D eigenvalue weighted by Crippen LogP contribution is 2.30. The standard InChI is InChI=1S/C21H18BN5O2/c23-20-19-15-9-10-27(18(15)8-7-17(19)25-21(24)26-20)11-12-5-6-16(22(28)29)14-4-2-1-3-13(12)14/h1-10,28-29H,11H2,(H4,23,24,25,26). The summed E-state index contributed by atoms with van der Waals surface area (Å²) in [4.78, 5) is 8.38. The Morgan fingerprint density at radius 2 is 1.66 bits per heavy atom. The largest absolute Gasteiger partial charge is 0.489 e. The molecule has 5 aromatic rings. The average molecular weight is 383 g/mol. The van der Waals surface area contributed by atoms with Crippen LogP contribution in [0.1, 0.15) is 5.56 Å². The van der Waals surface area contributed by atoms with Crippen molar-refractivity contribution < 1.29 is 10.0 Å². The van der Waals surface area contributed by atoms with Gasteiger partial charge in [0.1, 0.15) is 5.82 Å². The molecule has 7 nitrogen and oxygen atoms in total. The first-order valence-corrected chi connectivity index (χ1v) is 9.20. The zero-order valence-corrected chi connectivity index (χ0v) is 15.4. The molecular formula is C21H18BN5O2. The zero-order valence-electron chi connectivity index (χ0n) is 15.4. The predicted octanol–water partition coefficient (Wildman–Crippen LogP) is 1.63. The van der Waals surface area contributed by atoms with Gasteiger partial charge in [-0.1, -0.05) is 36.4 Å². The molecule has 0 atom stereocenters. The third-order valence-electron chi connectivity index (χ3n) is 5.32. The van der Waals surface area contributed by atoms with Gasteiger partial charge >= 0.3 is 7.12 Å². The van der Waals surface area contributed by atoms with Gasteiger partial charge in [0.15, 0.2) is 0 Å². The minimum atomic E-state index is -1.51. The molecule has 3 aromatic carbocycles. The molecule has 0 saturated carbocycles. The summed E-state index contributed by atoms with van der Waals surface area (Å²) in [5, 5.41) is 22.9. The highest BCUT2D eigenvalue weighted by Gasteiger charge is 2.17. The number of aromatic nitrogens is 3. The van der Waals surface area contributed by atoms with Crippen LogP contribution in [0.5, 0.6) is 0 Å². The first kappa shape index (κ1) is 17.5. The summed E-state index contributed by atoms with van der Waals surface area (Å²) in [5.74, 6) is 0.522. The SMILES string of the molecule is Nc1nc(N)c2c(ccc3c2ccn3Cc2ccc(B(O)O)c3ccccc23)n1. The molecule has 0 unspecified atom stereocenters. The van der Waals surface area contributed by atoms with E-state index in [1.165, 1.54) is 0 Å². The molecular weight excluding hydrogens is 365 g/mol. The lowest BCUT2D eigenvalue weighted by atomic mass is 9.76. The van der Waals surface area contributed by atoms with Gasteiger partial charge in [-0.15, -0.1) is 0 Å². The fourth-order valence-electron chi connectivity index (χ4n) is 4.02. The quantitative estimate of drug-likeness (QED) is 0.351. The molecule has 0 radical (unpaired) electrons. The van der Waals surface area contributed by atoms with Crippen LogP contribution in [0.3, 0.4) is 0 Å². The number of nitrogens with two attached hydrogens (primary N) is 2. The number of hydrogen-bond donors (Lipinski definition) is 4. The molecule has 2 aromatic heterocycles. The summed E-state index contributed by atoms with van der Waals surface area (Å²) in [6.45, 7) is 0.618. The summed E-state index contributed by atoms with van der Waals surface area (Å²) in [5.41, 5.74) is 15.1. The van der Waals surface area contributed by atoms with Crippen molar-refractivity contribution in [2.24, 2.45) is 0 Å². The van der Waals surface area contributed by atoms with Crippen LogP contribution in [0.4, 0.5) is 11.8 Å². The van der Waals surface area contributed by atoms with Crippen molar-refractivity contribution in [2.75, 3.05) is 11.5 Å². The van der Waals surface area contributed by atoms with Crippen LogP contribution in [0.25, 0.3) is 32.6 Å². The van der Waals surface area contributed by atoms with Crippen LogP contribution in [0.15, 0.2) is 60.8 Å². The summed E-state index contributed by atoms with van der Waals surface area (Å²) in [7, 11) is -1.51. The number of benzene rings is 3. The van der Waals surface area contributed by atoms with E-state index in [4.69, 9.17) is 11.5 Å². The van der Waals surface area contributed by atoms with E-state index in [0.29, 0.717) is 23.3 Å². The average Bonchev–Trinajstić information content (AvgIpc) is 3.10. The van der Waals surface area contributed by atoms with Gasteiger partial charge in [-0.3, -0.25) is 0 Å². The van der Waals surface area contributed by atoms with Gasteiger partial charge in [0.05, 0.1) is 10.9 Å². The molecule has 0 saturated heterocycles. The maximum absolute atomic E-state index is 9.67. The molecule has 5 rings (SSSR count). The Morgan fingerprint density at radius 3 is 2.45 bits per heavy atom. The molecule has 29 heavy (non-hydrogen) atoms. The van der Waals surface area contributed by atoms with Crippen molar-refractivity contribution in [3.05, 3.63) is 66.4 Å². The molecule has 2 heterocycles. The molecule has 0 aliphatic rings. The van der Waals surface area contributed by atoms with Gasteiger partial charge in [0.2, 0.25) is 5.95 Å². The summed E-state index contributed by atoms with van der Waals surface area (Å²) >= 11 is 0. The second kappa shape index (κ2) is 6.47. The summed E-state index contributed by atoms with van der Waals surface area (Å²) in [6, 6.07) is 17.3. The molecule has 0 fully saturated rings. The lowest BCUT2D eigenvalue weighted by Gasteiger charge is -2.13. The van der Waals surface area contributed by atoms with Gasteiger partial charge in [-0.05, 0) is 40.0 Å². The zero-order chi connectivity index (χ0) is 20.1. The van der Waals surface area contributed by atoms with Crippen LogP contribution in [0.2, 0.25) is 0 Å². The molecule has 8 heteroatoms. The molecule has 0 bridgehead atoms. The lowest BCUT2D eigenvalue weighted by molar-refractivity contribution is 0.426. The molecule has 0 aliphatic carbocycles. The number of rotatable bonds is 3. The highest BCUT2D eigenvalue weighted by molar-refractivity contribution is 6.62.